The van der Waals surface area contributed by atoms with Crippen LogP contribution in [0, 0.1) is 6.92 Å². The van der Waals surface area contributed by atoms with Gasteiger partial charge in [-0.25, -0.2) is 4.79 Å². The number of hydrogen-bond donors (Lipinski definition) is 1. The molecule has 1 fully saturated rings. The molecule has 3 heterocycles. The quantitative estimate of drug-likeness (QED) is 0.801. The summed E-state index contributed by atoms with van der Waals surface area (Å²) < 4.78 is 10.5. The molecule has 0 unspecified atom stereocenters. The maximum Gasteiger partial charge on any atom is 0.318 e. The van der Waals surface area contributed by atoms with Crippen molar-refractivity contribution in [3.05, 3.63) is 41.3 Å². The average Bonchev–Trinajstić information content (AvgIpc) is 3.15. The number of methoxy groups -OCH3 is 1. The van der Waals surface area contributed by atoms with E-state index < -0.39 is 0 Å². The molecule has 2 amide bonds. The zero-order valence-electron chi connectivity index (χ0n) is 16.0. The van der Waals surface area contributed by atoms with Gasteiger partial charge in [0.25, 0.3) is 0 Å². The van der Waals surface area contributed by atoms with E-state index in [0.29, 0.717) is 44.3 Å². The Morgan fingerprint density at radius 1 is 1.33 bits per heavy atom. The summed E-state index contributed by atoms with van der Waals surface area (Å²) in [5.74, 6) is 1.12. The molecule has 27 heavy (non-hydrogen) atoms. The smallest absolute Gasteiger partial charge is 0.318 e. The normalized spacial score (nSPS) is 17.1. The van der Waals surface area contributed by atoms with Crippen molar-refractivity contribution >= 4 is 6.03 Å². The first kappa shape index (κ1) is 19.3. The van der Waals surface area contributed by atoms with Crippen LogP contribution in [0.4, 0.5) is 4.79 Å². The Hall–Kier alpha value is -2.48. The number of ether oxygens (including phenoxy) is 1. The van der Waals surface area contributed by atoms with Crippen molar-refractivity contribution in [3.8, 4) is 0 Å². The molecule has 1 atom stereocenters. The molecule has 1 aliphatic rings. The van der Waals surface area contributed by atoms with E-state index in [9.17, 15) is 4.79 Å². The number of nitrogens with zero attached hydrogens (tertiary/aromatic N) is 4. The van der Waals surface area contributed by atoms with Gasteiger partial charge in [0, 0.05) is 44.4 Å². The lowest BCUT2D eigenvalue weighted by atomic mass is 10.0. The standard InChI is InChI=1S/C19H27N5O3/c1-14-6-5-7-15(21-14)9-11-20-19(25)24-12-4-3-8-16(24)18-22-17(23-27-18)10-13-26-2/h5-7,16H,3-4,8-13H2,1-2H3,(H,20,25)/t16-/m1/s1. The van der Waals surface area contributed by atoms with Gasteiger partial charge in [0.2, 0.25) is 5.89 Å². The molecule has 0 aromatic carbocycles. The number of piperidine rings is 1. The third kappa shape index (κ3) is 5.26. The first-order chi connectivity index (χ1) is 13.2. The van der Waals surface area contributed by atoms with Crippen LogP contribution in [0.2, 0.25) is 0 Å². The molecule has 2 aromatic rings. The summed E-state index contributed by atoms with van der Waals surface area (Å²) in [6.07, 6.45) is 4.15. The van der Waals surface area contributed by atoms with E-state index in [2.05, 4.69) is 20.4 Å². The van der Waals surface area contributed by atoms with Crippen LogP contribution in [0.1, 0.15) is 48.4 Å². The molecule has 146 valence electrons. The predicted molar refractivity (Wildman–Crippen MR) is 99.3 cm³/mol. The van der Waals surface area contributed by atoms with Gasteiger partial charge in [-0.2, -0.15) is 4.98 Å². The van der Waals surface area contributed by atoms with Crippen molar-refractivity contribution in [1.29, 1.82) is 0 Å². The highest BCUT2D eigenvalue weighted by molar-refractivity contribution is 5.74. The molecular formula is C19H27N5O3. The molecule has 8 heteroatoms. The van der Waals surface area contributed by atoms with Crippen LogP contribution in [-0.2, 0) is 17.6 Å². The zero-order valence-corrected chi connectivity index (χ0v) is 16.0. The molecule has 1 N–H and O–H groups in total. The van der Waals surface area contributed by atoms with Crippen LogP contribution in [0.25, 0.3) is 0 Å². The highest BCUT2D eigenvalue weighted by atomic mass is 16.5. The van der Waals surface area contributed by atoms with Crippen LogP contribution in [-0.4, -0.2) is 52.9 Å². The Morgan fingerprint density at radius 2 is 2.22 bits per heavy atom. The van der Waals surface area contributed by atoms with E-state index in [4.69, 9.17) is 9.26 Å². The van der Waals surface area contributed by atoms with E-state index in [1.165, 1.54) is 0 Å². The lowest BCUT2D eigenvalue weighted by molar-refractivity contribution is 0.132. The Bertz CT molecular complexity index is 748. The molecule has 3 rings (SSSR count). The van der Waals surface area contributed by atoms with E-state index in [1.54, 1.807) is 12.0 Å². The molecule has 1 aliphatic heterocycles. The highest BCUT2D eigenvalue weighted by Gasteiger charge is 2.32. The number of hydrogen-bond acceptors (Lipinski definition) is 6. The number of amides is 2. The van der Waals surface area contributed by atoms with Crippen LogP contribution in [0.5, 0.6) is 0 Å². The Kier molecular flexibility index (Phi) is 6.75. The van der Waals surface area contributed by atoms with Gasteiger partial charge in [-0.1, -0.05) is 11.2 Å². The number of rotatable bonds is 7. The zero-order chi connectivity index (χ0) is 19.1. The largest absolute Gasteiger partial charge is 0.384 e. The lowest BCUT2D eigenvalue weighted by Gasteiger charge is -2.33. The first-order valence-electron chi connectivity index (χ1n) is 9.46. The molecule has 0 aliphatic carbocycles. The summed E-state index contributed by atoms with van der Waals surface area (Å²) in [6.45, 7) is 3.74. The van der Waals surface area contributed by atoms with E-state index in [-0.39, 0.29) is 12.1 Å². The van der Waals surface area contributed by atoms with Crippen molar-refractivity contribution in [2.75, 3.05) is 26.8 Å². The van der Waals surface area contributed by atoms with Crippen LogP contribution >= 0.6 is 0 Å². The summed E-state index contributed by atoms with van der Waals surface area (Å²) in [6, 6.07) is 5.66. The summed E-state index contributed by atoms with van der Waals surface area (Å²) in [5.41, 5.74) is 1.96. The van der Waals surface area contributed by atoms with Crippen molar-refractivity contribution in [2.24, 2.45) is 0 Å². The van der Waals surface area contributed by atoms with Gasteiger partial charge in [-0.05, 0) is 38.3 Å². The van der Waals surface area contributed by atoms with Crippen LogP contribution in [0.15, 0.2) is 22.7 Å². The maximum atomic E-state index is 12.7. The van der Waals surface area contributed by atoms with Gasteiger partial charge in [-0.15, -0.1) is 0 Å². The minimum Gasteiger partial charge on any atom is -0.384 e. The van der Waals surface area contributed by atoms with Crippen molar-refractivity contribution in [1.82, 2.24) is 25.3 Å². The second-order valence-corrected chi connectivity index (χ2v) is 6.75. The molecule has 1 saturated heterocycles. The number of carbonyl (C=O) groups excluding carboxylic acids is 1. The minimum atomic E-state index is -0.167. The Balaban J connectivity index is 1.57. The van der Waals surface area contributed by atoms with Crippen LogP contribution < -0.4 is 5.32 Å². The lowest BCUT2D eigenvalue weighted by Crippen LogP contribution is -2.45. The second kappa shape index (κ2) is 9.45. The van der Waals surface area contributed by atoms with E-state index >= 15 is 0 Å². The van der Waals surface area contributed by atoms with E-state index in [1.807, 2.05) is 25.1 Å². The number of nitrogens with one attached hydrogen (secondary N) is 1. The van der Waals surface area contributed by atoms with Gasteiger partial charge < -0.3 is 19.5 Å². The molecule has 0 bridgehead atoms. The third-order valence-corrected chi connectivity index (χ3v) is 4.67. The van der Waals surface area contributed by atoms with Gasteiger partial charge in [0.15, 0.2) is 5.82 Å². The molecule has 0 saturated carbocycles. The van der Waals surface area contributed by atoms with Crippen molar-refractivity contribution in [3.63, 3.8) is 0 Å². The SMILES string of the molecule is COCCc1noc([C@H]2CCCCN2C(=O)NCCc2cccc(C)n2)n1. The summed E-state index contributed by atoms with van der Waals surface area (Å²) >= 11 is 0. The number of likely N-dealkylation sites (tertiary alicyclic amines) is 1. The maximum absolute atomic E-state index is 12.7. The molecule has 2 aromatic heterocycles. The monoisotopic (exact) mass is 373 g/mol. The molecule has 0 spiro atoms. The fourth-order valence-electron chi connectivity index (χ4n) is 3.27. The highest BCUT2D eigenvalue weighted by Crippen LogP contribution is 2.29. The summed E-state index contributed by atoms with van der Waals surface area (Å²) in [7, 11) is 1.64. The third-order valence-electron chi connectivity index (χ3n) is 4.67. The number of aryl methyl sites for hydroxylation is 1. The number of urea groups is 1. The van der Waals surface area contributed by atoms with Gasteiger partial charge in [-0.3, -0.25) is 4.98 Å². The topological polar surface area (TPSA) is 93.4 Å². The first-order valence-corrected chi connectivity index (χ1v) is 9.46. The Morgan fingerprint density at radius 3 is 3.04 bits per heavy atom. The minimum absolute atomic E-state index is 0.0935. The molecule has 0 radical (unpaired) electrons. The fraction of sp³-hybridized carbons (Fsp3) is 0.579. The van der Waals surface area contributed by atoms with Crippen molar-refractivity contribution < 1.29 is 14.1 Å². The molecule has 8 nitrogen and oxygen atoms in total. The number of aromatic nitrogens is 3. The summed E-state index contributed by atoms with van der Waals surface area (Å²) in [4.78, 5) is 23.4. The van der Waals surface area contributed by atoms with Gasteiger partial charge >= 0.3 is 6.03 Å². The summed E-state index contributed by atoms with van der Waals surface area (Å²) in [5, 5.41) is 7.00. The predicted octanol–water partition coefficient (Wildman–Crippen LogP) is 2.44. The second-order valence-electron chi connectivity index (χ2n) is 6.75. The average molecular weight is 373 g/mol. The van der Waals surface area contributed by atoms with Crippen LogP contribution in [0.3, 0.4) is 0 Å². The molecular weight excluding hydrogens is 346 g/mol. The van der Waals surface area contributed by atoms with E-state index in [0.717, 1.165) is 30.7 Å². The number of carbonyl (C=O) groups is 1. The number of pyridine rings is 1. The van der Waals surface area contributed by atoms with Gasteiger partial charge in [0.05, 0.1) is 6.61 Å². The Labute approximate surface area is 159 Å². The van der Waals surface area contributed by atoms with Gasteiger partial charge in [0.1, 0.15) is 6.04 Å². The van der Waals surface area contributed by atoms with Crippen molar-refractivity contribution in [2.45, 2.75) is 45.1 Å². The fourth-order valence-corrected chi connectivity index (χ4v) is 3.27.